The molecule has 3 aromatic carbocycles. The fourth-order valence-electron chi connectivity index (χ4n) is 3.80. The zero-order valence-corrected chi connectivity index (χ0v) is 19.2. The van der Waals surface area contributed by atoms with Crippen LogP contribution >= 0.6 is 0 Å². The Labute approximate surface area is 197 Å². The van der Waals surface area contributed by atoms with Crippen LogP contribution in [-0.2, 0) is 9.53 Å². The highest BCUT2D eigenvalue weighted by Gasteiger charge is 2.24. The lowest BCUT2D eigenvalue weighted by Gasteiger charge is -2.27. The molecule has 0 aliphatic heterocycles. The minimum Gasteiger partial charge on any atom is -0.497 e. The summed E-state index contributed by atoms with van der Waals surface area (Å²) in [5, 5.41) is 8.23. The summed E-state index contributed by atoms with van der Waals surface area (Å²) >= 11 is 0. The quantitative estimate of drug-likeness (QED) is 0.397. The van der Waals surface area contributed by atoms with Crippen LogP contribution in [0.1, 0.15) is 18.6 Å². The van der Waals surface area contributed by atoms with E-state index in [1.54, 1.807) is 30.1 Å². The third kappa shape index (κ3) is 5.18. The average molecular weight is 464 g/mol. The molecular formula is C26H26FN3O4. The molecule has 176 valence electrons. The van der Waals surface area contributed by atoms with Gasteiger partial charge in [0, 0.05) is 12.5 Å². The molecule has 1 heterocycles. The van der Waals surface area contributed by atoms with Crippen LogP contribution in [0.5, 0.6) is 11.5 Å². The van der Waals surface area contributed by atoms with Gasteiger partial charge in [-0.2, -0.15) is 5.10 Å². The molecule has 4 aromatic rings. The van der Waals surface area contributed by atoms with Gasteiger partial charge in [0.25, 0.3) is 0 Å². The summed E-state index contributed by atoms with van der Waals surface area (Å²) in [6.07, 6.45) is 1.25. The Kier molecular flexibility index (Phi) is 7.08. The molecule has 0 saturated heterocycles. The number of benzene rings is 3. The standard InChI is InChI=1S/C26H26FN3O4/c1-17(29-25(31)16-32-2)26(18-5-4-6-22(13-18)33-3)34-23-11-12-24-19(14-23)15-28-30(24)21-9-7-20(27)8-10-21/h4-15,17,26H,16H2,1-3H3,(H,29,31)/t17-,26-/m0/s1. The van der Waals surface area contributed by atoms with E-state index >= 15 is 0 Å². The number of carbonyl (C=O) groups is 1. The second kappa shape index (κ2) is 10.4. The maximum atomic E-state index is 13.3. The van der Waals surface area contributed by atoms with Crippen molar-refractivity contribution in [3.63, 3.8) is 0 Å². The maximum Gasteiger partial charge on any atom is 0.246 e. The monoisotopic (exact) mass is 463 g/mol. The lowest BCUT2D eigenvalue weighted by molar-refractivity contribution is -0.126. The van der Waals surface area contributed by atoms with Crippen LogP contribution in [0.25, 0.3) is 16.6 Å². The summed E-state index contributed by atoms with van der Waals surface area (Å²) in [6.45, 7) is 1.84. The average Bonchev–Trinajstić information content (AvgIpc) is 3.26. The Morgan fingerprint density at radius 3 is 2.59 bits per heavy atom. The molecule has 0 aliphatic carbocycles. The van der Waals surface area contributed by atoms with Gasteiger partial charge in [0.15, 0.2) is 0 Å². The molecule has 8 heteroatoms. The number of nitrogens with zero attached hydrogens (tertiary/aromatic N) is 2. The van der Waals surface area contributed by atoms with Gasteiger partial charge in [-0.15, -0.1) is 0 Å². The zero-order valence-electron chi connectivity index (χ0n) is 19.2. The second-order valence-corrected chi connectivity index (χ2v) is 7.86. The highest BCUT2D eigenvalue weighted by atomic mass is 19.1. The van der Waals surface area contributed by atoms with Gasteiger partial charge in [-0.05, 0) is 67.1 Å². The molecule has 1 amide bonds. The smallest absolute Gasteiger partial charge is 0.246 e. The molecule has 4 rings (SSSR count). The largest absolute Gasteiger partial charge is 0.497 e. The maximum absolute atomic E-state index is 13.3. The SMILES string of the molecule is COCC(=O)N[C@@H](C)[C@H](Oc1ccc2c(cnn2-c2ccc(F)cc2)c1)c1cccc(OC)c1. The van der Waals surface area contributed by atoms with Gasteiger partial charge in [0.05, 0.1) is 30.6 Å². The predicted octanol–water partition coefficient (Wildman–Crippen LogP) is 4.44. The number of methoxy groups -OCH3 is 2. The first-order valence-electron chi connectivity index (χ1n) is 10.8. The normalized spacial score (nSPS) is 12.8. The molecule has 1 aromatic heterocycles. The minimum atomic E-state index is -0.486. The number of amides is 1. The third-order valence-electron chi connectivity index (χ3n) is 5.41. The molecule has 0 aliphatic rings. The molecule has 0 unspecified atom stereocenters. The van der Waals surface area contributed by atoms with Crippen LogP contribution in [0.15, 0.2) is 72.9 Å². The number of carbonyl (C=O) groups excluding carboxylic acids is 1. The molecule has 7 nitrogen and oxygen atoms in total. The van der Waals surface area contributed by atoms with Crippen molar-refractivity contribution in [1.29, 1.82) is 0 Å². The Bertz CT molecular complexity index is 1270. The Morgan fingerprint density at radius 1 is 1.06 bits per heavy atom. The summed E-state index contributed by atoms with van der Waals surface area (Å²) in [6, 6.07) is 19.0. The fourth-order valence-corrected chi connectivity index (χ4v) is 3.80. The van der Waals surface area contributed by atoms with E-state index in [4.69, 9.17) is 14.2 Å². The predicted molar refractivity (Wildman–Crippen MR) is 127 cm³/mol. The van der Waals surface area contributed by atoms with E-state index in [-0.39, 0.29) is 24.4 Å². The van der Waals surface area contributed by atoms with Gasteiger partial charge in [0.2, 0.25) is 5.91 Å². The molecule has 1 N–H and O–H groups in total. The highest BCUT2D eigenvalue weighted by molar-refractivity contribution is 5.82. The first-order chi connectivity index (χ1) is 16.5. The second-order valence-electron chi connectivity index (χ2n) is 7.86. The van der Waals surface area contributed by atoms with Crippen molar-refractivity contribution in [3.8, 4) is 17.2 Å². The summed E-state index contributed by atoms with van der Waals surface area (Å²) in [4.78, 5) is 12.1. The van der Waals surface area contributed by atoms with Crippen LogP contribution in [0.4, 0.5) is 4.39 Å². The van der Waals surface area contributed by atoms with Gasteiger partial charge >= 0.3 is 0 Å². The molecule has 0 spiro atoms. The third-order valence-corrected chi connectivity index (χ3v) is 5.41. The first kappa shape index (κ1) is 23.3. The van der Waals surface area contributed by atoms with E-state index in [0.717, 1.165) is 22.2 Å². The van der Waals surface area contributed by atoms with E-state index in [1.807, 2.05) is 49.4 Å². The number of hydrogen-bond donors (Lipinski definition) is 1. The van der Waals surface area contributed by atoms with Crippen molar-refractivity contribution < 1.29 is 23.4 Å². The van der Waals surface area contributed by atoms with Gasteiger partial charge in [0.1, 0.15) is 30.0 Å². The van der Waals surface area contributed by atoms with Crippen LogP contribution in [0.2, 0.25) is 0 Å². The summed E-state index contributed by atoms with van der Waals surface area (Å²) in [7, 11) is 3.08. The number of nitrogens with one attached hydrogen (secondary N) is 1. The first-order valence-corrected chi connectivity index (χ1v) is 10.8. The van der Waals surface area contributed by atoms with Crippen molar-refractivity contribution >= 4 is 16.8 Å². The van der Waals surface area contributed by atoms with Crippen LogP contribution < -0.4 is 14.8 Å². The zero-order chi connectivity index (χ0) is 24.1. The molecule has 0 radical (unpaired) electrons. The van der Waals surface area contributed by atoms with E-state index < -0.39 is 6.10 Å². The lowest BCUT2D eigenvalue weighted by Crippen LogP contribution is -2.40. The Hall–Kier alpha value is -3.91. The van der Waals surface area contributed by atoms with Gasteiger partial charge in [-0.1, -0.05) is 12.1 Å². The van der Waals surface area contributed by atoms with Crippen molar-refractivity contribution in [2.24, 2.45) is 0 Å². The van der Waals surface area contributed by atoms with Crippen molar-refractivity contribution in [2.45, 2.75) is 19.1 Å². The van der Waals surface area contributed by atoms with Crippen molar-refractivity contribution in [1.82, 2.24) is 15.1 Å². The van der Waals surface area contributed by atoms with Gasteiger partial charge in [-0.25, -0.2) is 9.07 Å². The van der Waals surface area contributed by atoms with Gasteiger partial charge < -0.3 is 19.5 Å². The minimum absolute atomic E-state index is 0.0380. The number of fused-ring (bicyclic) bond motifs is 1. The summed E-state index contributed by atoms with van der Waals surface area (Å²) in [5.74, 6) is 0.776. The molecule has 0 fully saturated rings. The number of ether oxygens (including phenoxy) is 3. The Balaban J connectivity index is 1.64. The van der Waals surface area contributed by atoms with E-state index in [1.165, 1.54) is 19.2 Å². The lowest BCUT2D eigenvalue weighted by atomic mass is 10.0. The molecule has 34 heavy (non-hydrogen) atoms. The van der Waals surface area contributed by atoms with E-state index in [9.17, 15) is 9.18 Å². The molecule has 0 saturated carbocycles. The Morgan fingerprint density at radius 2 is 1.85 bits per heavy atom. The fraction of sp³-hybridized carbons (Fsp3) is 0.231. The van der Waals surface area contributed by atoms with Crippen molar-refractivity contribution in [2.75, 3.05) is 20.8 Å². The molecule has 0 bridgehead atoms. The van der Waals surface area contributed by atoms with Crippen molar-refractivity contribution in [3.05, 3.63) is 84.3 Å². The van der Waals surface area contributed by atoms with E-state index in [2.05, 4.69) is 10.4 Å². The molecule has 2 atom stereocenters. The van der Waals surface area contributed by atoms with Crippen LogP contribution in [-0.4, -0.2) is 42.6 Å². The number of halogens is 1. The number of hydrogen-bond acceptors (Lipinski definition) is 5. The van der Waals surface area contributed by atoms with Crippen LogP contribution in [0.3, 0.4) is 0 Å². The highest BCUT2D eigenvalue weighted by Crippen LogP contribution is 2.30. The van der Waals surface area contributed by atoms with Crippen LogP contribution in [0, 0.1) is 5.82 Å². The summed E-state index contributed by atoms with van der Waals surface area (Å²) in [5.41, 5.74) is 2.47. The number of rotatable bonds is 9. The van der Waals surface area contributed by atoms with E-state index in [0.29, 0.717) is 11.5 Å². The number of aromatic nitrogens is 2. The topological polar surface area (TPSA) is 74.6 Å². The summed E-state index contributed by atoms with van der Waals surface area (Å²) < 4.78 is 31.7. The molecular weight excluding hydrogens is 437 g/mol. The van der Waals surface area contributed by atoms with Gasteiger partial charge in [-0.3, -0.25) is 4.79 Å².